The highest BCUT2D eigenvalue weighted by Crippen LogP contribution is 2.27. The highest BCUT2D eigenvalue weighted by molar-refractivity contribution is 6.31. The first-order valence-corrected chi connectivity index (χ1v) is 6.19. The summed E-state index contributed by atoms with van der Waals surface area (Å²) in [5.41, 5.74) is 7.12. The molecule has 0 radical (unpaired) electrons. The Bertz CT molecular complexity index is 614. The number of pyridine rings is 1. The average Bonchev–Trinajstić information content (AvgIpc) is 2.41. The van der Waals surface area contributed by atoms with E-state index in [-0.39, 0.29) is 11.6 Å². The number of benzene rings is 1. The molecular formula is C13H11Cl2N3O. The van der Waals surface area contributed by atoms with Crippen LogP contribution in [0.2, 0.25) is 10.0 Å². The van der Waals surface area contributed by atoms with Crippen molar-refractivity contribution >= 4 is 40.5 Å². The van der Waals surface area contributed by atoms with Gasteiger partial charge in [-0.25, -0.2) is 4.98 Å². The number of nitrogen functional groups attached to an aromatic ring is 1. The maximum Gasteiger partial charge on any atom is 0.276 e. The average molecular weight is 296 g/mol. The van der Waals surface area contributed by atoms with E-state index in [9.17, 15) is 4.79 Å². The summed E-state index contributed by atoms with van der Waals surface area (Å²) in [4.78, 5) is 17.6. The Morgan fingerprint density at radius 1 is 1.21 bits per heavy atom. The normalized spacial score (nSPS) is 10.3. The highest BCUT2D eigenvalue weighted by Gasteiger charge is 2.17. The van der Waals surface area contributed by atoms with Crippen LogP contribution in [0.4, 0.5) is 11.4 Å². The maximum absolute atomic E-state index is 12.2. The number of halogens is 2. The fourth-order valence-electron chi connectivity index (χ4n) is 1.59. The zero-order valence-corrected chi connectivity index (χ0v) is 11.6. The molecule has 6 heteroatoms. The van der Waals surface area contributed by atoms with Crippen LogP contribution < -0.4 is 10.6 Å². The largest absolute Gasteiger partial charge is 0.397 e. The molecule has 2 N–H and O–H groups in total. The Hall–Kier alpha value is -1.78. The summed E-state index contributed by atoms with van der Waals surface area (Å²) in [6.45, 7) is 0. The quantitative estimate of drug-likeness (QED) is 0.865. The molecule has 0 spiro atoms. The van der Waals surface area contributed by atoms with Crippen molar-refractivity contribution < 1.29 is 4.79 Å². The molecule has 2 aromatic rings. The maximum atomic E-state index is 12.2. The van der Waals surface area contributed by atoms with E-state index in [2.05, 4.69) is 4.98 Å². The van der Waals surface area contributed by atoms with Gasteiger partial charge in [-0.1, -0.05) is 23.2 Å². The lowest BCUT2D eigenvalue weighted by Crippen LogP contribution is -2.27. The summed E-state index contributed by atoms with van der Waals surface area (Å²) < 4.78 is 0. The predicted molar refractivity (Wildman–Crippen MR) is 77.8 cm³/mol. The minimum Gasteiger partial charge on any atom is -0.397 e. The summed E-state index contributed by atoms with van der Waals surface area (Å²) in [5.74, 6) is -0.286. The van der Waals surface area contributed by atoms with E-state index in [0.717, 1.165) is 0 Å². The fourth-order valence-corrected chi connectivity index (χ4v) is 1.87. The van der Waals surface area contributed by atoms with Gasteiger partial charge in [0.25, 0.3) is 5.91 Å². The molecule has 0 aliphatic heterocycles. The van der Waals surface area contributed by atoms with Crippen LogP contribution in [0.1, 0.15) is 10.5 Å². The monoisotopic (exact) mass is 295 g/mol. The minimum atomic E-state index is -0.286. The summed E-state index contributed by atoms with van der Waals surface area (Å²) in [6, 6.07) is 8.11. The number of nitrogens with two attached hydrogens (primary N) is 1. The summed E-state index contributed by atoms with van der Waals surface area (Å²) >= 11 is 11.6. The van der Waals surface area contributed by atoms with Gasteiger partial charge in [-0.3, -0.25) is 4.79 Å². The van der Waals surface area contributed by atoms with Crippen LogP contribution in [0.3, 0.4) is 0 Å². The molecule has 1 aromatic heterocycles. The Labute approximate surface area is 120 Å². The molecule has 1 heterocycles. The number of carbonyl (C=O) groups excluding carboxylic acids is 1. The molecular weight excluding hydrogens is 285 g/mol. The zero-order chi connectivity index (χ0) is 14.0. The number of carbonyl (C=O) groups is 1. The molecule has 2 rings (SSSR count). The number of rotatable bonds is 2. The van der Waals surface area contributed by atoms with Crippen molar-refractivity contribution in [2.24, 2.45) is 0 Å². The van der Waals surface area contributed by atoms with Crippen LogP contribution in [-0.4, -0.2) is 17.9 Å². The number of aromatic nitrogens is 1. The third-order valence-electron chi connectivity index (χ3n) is 2.60. The van der Waals surface area contributed by atoms with Crippen molar-refractivity contribution in [3.8, 4) is 0 Å². The van der Waals surface area contributed by atoms with Gasteiger partial charge in [0.15, 0.2) is 0 Å². The molecule has 0 aliphatic carbocycles. The number of amides is 1. The third kappa shape index (κ3) is 2.97. The molecule has 0 fully saturated rings. The molecule has 0 aliphatic rings. The molecule has 0 saturated carbocycles. The second-order valence-corrected chi connectivity index (χ2v) is 4.80. The van der Waals surface area contributed by atoms with Crippen molar-refractivity contribution in [2.75, 3.05) is 17.7 Å². The van der Waals surface area contributed by atoms with Crippen LogP contribution in [0.5, 0.6) is 0 Å². The van der Waals surface area contributed by atoms with Crippen LogP contribution in [0, 0.1) is 0 Å². The topological polar surface area (TPSA) is 59.2 Å². The number of hydrogen-bond acceptors (Lipinski definition) is 3. The third-order valence-corrected chi connectivity index (χ3v) is 3.06. The van der Waals surface area contributed by atoms with Gasteiger partial charge in [0.05, 0.1) is 16.4 Å². The van der Waals surface area contributed by atoms with Crippen LogP contribution in [-0.2, 0) is 0 Å². The van der Waals surface area contributed by atoms with E-state index < -0.39 is 0 Å². The molecule has 1 aromatic carbocycles. The standard InChI is InChI=1S/C13H11Cl2N3O/c1-18(12-6-8(14)2-4-10(12)16)13(19)11-5-3-9(15)7-17-11/h2-7H,16H2,1H3. The van der Waals surface area contributed by atoms with Gasteiger partial charge in [0, 0.05) is 18.3 Å². The molecule has 0 atom stereocenters. The summed E-state index contributed by atoms with van der Waals surface area (Å²) in [7, 11) is 1.61. The van der Waals surface area contributed by atoms with Gasteiger partial charge < -0.3 is 10.6 Å². The van der Waals surface area contributed by atoms with E-state index in [0.29, 0.717) is 21.4 Å². The Morgan fingerprint density at radius 2 is 1.89 bits per heavy atom. The number of anilines is 2. The van der Waals surface area contributed by atoms with E-state index >= 15 is 0 Å². The molecule has 0 unspecified atom stereocenters. The van der Waals surface area contributed by atoms with Crippen molar-refractivity contribution in [1.82, 2.24) is 4.98 Å². The predicted octanol–water partition coefficient (Wildman–Crippen LogP) is 3.25. The molecule has 0 saturated heterocycles. The second-order valence-electron chi connectivity index (χ2n) is 3.93. The first-order chi connectivity index (χ1) is 8.99. The number of hydrogen-bond donors (Lipinski definition) is 1. The van der Waals surface area contributed by atoms with Crippen LogP contribution >= 0.6 is 23.2 Å². The Morgan fingerprint density at radius 3 is 2.53 bits per heavy atom. The van der Waals surface area contributed by atoms with Crippen molar-refractivity contribution in [2.45, 2.75) is 0 Å². The lowest BCUT2D eigenvalue weighted by molar-refractivity contribution is 0.0988. The van der Waals surface area contributed by atoms with Gasteiger partial charge in [-0.2, -0.15) is 0 Å². The Kier molecular flexibility index (Phi) is 3.93. The van der Waals surface area contributed by atoms with E-state index in [1.165, 1.54) is 11.1 Å². The van der Waals surface area contributed by atoms with Gasteiger partial charge in [0.1, 0.15) is 5.69 Å². The van der Waals surface area contributed by atoms with Gasteiger partial charge in [0.2, 0.25) is 0 Å². The first-order valence-electron chi connectivity index (χ1n) is 5.43. The van der Waals surface area contributed by atoms with E-state index in [1.807, 2.05) is 0 Å². The van der Waals surface area contributed by atoms with E-state index in [4.69, 9.17) is 28.9 Å². The lowest BCUT2D eigenvalue weighted by atomic mass is 10.2. The minimum absolute atomic E-state index is 0.284. The highest BCUT2D eigenvalue weighted by atomic mass is 35.5. The van der Waals surface area contributed by atoms with Gasteiger partial charge >= 0.3 is 0 Å². The molecule has 0 bridgehead atoms. The smallest absolute Gasteiger partial charge is 0.276 e. The SMILES string of the molecule is CN(C(=O)c1ccc(Cl)cn1)c1cc(Cl)ccc1N. The van der Waals surface area contributed by atoms with Gasteiger partial charge in [-0.15, -0.1) is 0 Å². The first kappa shape index (κ1) is 13.6. The van der Waals surface area contributed by atoms with Crippen molar-refractivity contribution in [3.63, 3.8) is 0 Å². The Balaban J connectivity index is 2.33. The van der Waals surface area contributed by atoms with E-state index in [1.54, 1.807) is 37.4 Å². The van der Waals surface area contributed by atoms with Crippen LogP contribution in [0.25, 0.3) is 0 Å². The molecule has 98 valence electrons. The summed E-state index contributed by atoms with van der Waals surface area (Å²) in [5, 5.41) is 0.981. The summed E-state index contributed by atoms with van der Waals surface area (Å²) in [6.07, 6.45) is 1.42. The number of nitrogens with zero attached hydrogens (tertiary/aromatic N) is 2. The second kappa shape index (κ2) is 5.47. The molecule has 4 nitrogen and oxygen atoms in total. The molecule has 19 heavy (non-hydrogen) atoms. The van der Waals surface area contributed by atoms with Crippen LogP contribution in [0.15, 0.2) is 36.5 Å². The molecule has 1 amide bonds. The zero-order valence-electron chi connectivity index (χ0n) is 10.1. The van der Waals surface area contributed by atoms with Crippen molar-refractivity contribution in [3.05, 3.63) is 52.3 Å². The van der Waals surface area contributed by atoms with Gasteiger partial charge in [-0.05, 0) is 30.3 Å². The lowest BCUT2D eigenvalue weighted by Gasteiger charge is -2.19. The van der Waals surface area contributed by atoms with Crippen molar-refractivity contribution in [1.29, 1.82) is 0 Å². The fraction of sp³-hybridized carbons (Fsp3) is 0.0769.